The molecule has 3 rings (SSSR count). The number of esters is 1. The Morgan fingerprint density at radius 1 is 1.38 bits per heavy atom. The number of hydrogen-bond acceptors (Lipinski definition) is 2. The summed E-state index contributed by atoms with van der Waals surface area (Å²) in [4.78, 5) is 11.8. The van der Waals surface area contributed by atoms with E-state index in [1.54, 1.807) is 0 Å². The van der Waals surface area contributed by atoms with Gasteiger partial charge in [0.15, 0.2) is 0 Å². The number of ether oxygens (including phenoxy) is 1. The van der Waals surface area contributed by atoms with Crippen molar-refractivity contribution in [1.29, 1.82) is 0 Å². The smallest absolute Gasteiger partial charge is 0.337 e. The van der Waals surface area contributed by atoms with E-state index in [0.717, 1.165) is 23.4 Å². The summed E-state index contributed by atoms with van der Waals surface area (Å²) in [6, 6.07) is 7.90. The molecule has 0 heterocycles. The van der Waals surface area contributed by atoms with Crippen LogP contribution in [0.3, 0.4) is 0 Å². The van der Waals surface area contributed by atoms with Crippen LogP contribution in [0.4, 0.5) is 0 Å². The van der Waals surface area contributed by atoms with Crippen molar-refractivity contribution < 1.29 is 9.53 Å². The van der Waals surface area contributed by atoms with Crippen LogP contribution in [0.1, 0.15) is 18.4 Å². The number of methoxy groups -OCH3 is 1. The van der Waals surface area contributed by atoms with Gasteiger partial charge in [-0.3, -0.25) is 0 Å². The summed E-state index contributed by atoms with van der Waals surface area (Å²) in [5, 5.41) is 0.735. The highest BCUT2D eigenvalue weighted by molar-refractivity contribution is 6.30. The molecule has 108 valence electrons. The maximum absolute atomic E-state index is 11.8. The Hall–Kier alpha value is -1.80. The Balaban J connectivity index is 1.98. The number of halogens is 1. The molecule has 2 atom stereocenters. The van der Waals surface area contributed by atoms with Gasteiger partial charge in [0.1, 0.15) is 0 Å². The number of benzene rings is 1. The molecular formula is C18H17ClO2. The predicted molar refractivity (Wildman–Crippen MR) is 84.9 cm³/mol. The number of carbonyl (C=O) groups excluding carboxylic acids is 1. The van der Waals surface area contributed by atoms with Crippen LogP contribution >= 0.6 is 11.6 Å². The van der Waals surface area contributed by atoms with Gasteiger partial charge in [0, 0.05) is 10.9 Å². The Kier molecular flexibility index (Phi) is 3.98. The van der Waals surface area contributed by atoms with Crippen LogP contribution in [0, 0.1) is 11.8 Å². The summed E-state index contributed by atoms with van der Waals surface area (Å²) in [5.74, 6) is 0.384. The molecular weight excluding hydrogens is 284 g/mol. The Bertz CT molecular complexity index is 655. The number of hydrogen-bond donors (Lipinski definition) is 0. The van der Waals surface area contributed by atoms with Crippen LogP contribution in [0.25, 0.3) is 5.57 Å². The third-order valence-corrected chi connectivity index (χ3v) is 4.38. The molecule has 0 fully saturated rings. The largest absolute Gasteiger partial charge is 0.465 e. The van der Waals surface area contributed by atoms with Gasteiger partial charge < -0.3 is 4.74 Å². The lowest BCUT2D eigenvalue weighted by atomic mass is 9.73. The number of fused-ring (bicyclic) bond motifs is 1. The highest BCUT2D eigenvalue weighted by Crippen LogP contribution is 2.41. The third kappa shape index (κ3) is 2.81. The van der Waals surface area contributed by atoms with Crippen molar-refractivity contribution >= 4 is 23.1 Å². The first-order valence-corrected chi connectivity index (χ1v) is 7.51. The van der Waals surface area contributed by atoms with Crippen molar-refractivity contribution in [2.24, 2.45) is 11.8 Å². The molecule has 21 heavy (non-hydrogen) atoms. The normalized spacial score (nSPS) is 23.9. The molecule has 0 aliphatic heterocycles. The molecule has 1 aromatic rings. The molecule has 0 aromatic heterocycles. The van der Waals surface area contributed by atoms with Crippen LogP contribution in [-0.4, -0.2) is 13.1 Å². The van der Waals surface area contributed by atoms with Crippen molar-refractivity contribution in [3.8, 4) is 0 Å². The van der Waals surface area contributed by atoms with Crippen molar-refractivity contribution in [1.82, 2.24) is 0 Å². The second kappa shape index (κ2) is 5.90. The van der Waals surface area contributed by atoms with E-state index in [1.165, 1.54) is 12.7 Å². The minimum absolute atomic E-state index is 0.219. The van der Waals surface area contributed by atoms with E-state index in [2.05, 4.69) is 18.2 Å². The highest BCUT2D eigenvalue weighted by Gasteiger charge is 2.29. The van der Waals surface area contributed by atoms with E-state index in [0.29, 0.717) is 11.5 Å². The summed E-state index contributed by atoms with van der Waals surface area (Å²) >= 11 is 6.11. The van der Waals surface area contributed by atoms with Crippen molar-refractivity contribution in [2.75, 3.05) is 7.11 Å². The summed E-state index contributed by atoms with van der Waals surface area (Å²) in [6.07, 6.45) is 10.5. The van der Waals surface area contributed by atoms with Gasteiger partial charge in [0.05, 0.1) is 12.7 Å². The lowest BCUT2D eigenvalue weighted by Crippen LogP contribution is -2.21. The highest BCUT2D eigenvalue weighted by atomic mass is 35.5. The lowest BCUT2D eigenvalue weighted by Gasteiger charge is -2.31. The number of allylic oxidation sites excluding steroid dienone is 4. The molecule has 2 nitrogen and oxygen atoms in total. The molecule has 0 amide bonds. The molecule has 2 aliphatic rings. The van der Waals surface area contributed by atoms with Crippen LogP contribution in [0.2, 0.25) is 5.02 Å². The quantitative estimate of drug-likeness (QED) is 0.756. The molecule has 3 heteroatoms. The molecule has 1 aromatic carbocycles. The summed E-state index contributed by atoms with van der Waals surface area (Å²) in [5.41, 5.74) is 3.01. The van der Waals surface area contributed by atoms with Gasteiger partial charge in [-0.05, 0) is 42.0 Å². The van der Waals surface area contributed by atoms with Crippen LogP contribution in [-0.2, 0) is 9.53 Å². The van der Waals surface area contributed by atoms with Crippen LogP contribution < -0.4 is 0 Å². The van der Waals surface area contributed by atoms with Gasteiger partial charge in [-0.2, -0.15) is 0 Å². The standard InChI is InChI=1S/C18H17ClO2/c1-21-18(20)14-9-8-12-4-3-7-16(17(12)11-14)13-5-2-6-15(19)10-13/h2,5-12,17H,3-4H2,1H3. The van der Waals surface area contributed by atoms with Crippen LogP contribution in [0.5, 0.6) is 0 Å². The fraction of sp³-hybridized carbons (Fsp3) is 0.278. The zero-order chi connectivity index (χ0) is 14.8. The Morgan fingerprint density at radius 2 is 2.24 bits per heavy atom. The summed E-state index contributed by atoms with van der Waals surface area (Å²) < 4.78 is 4.83. The Morgan fingerprint density at radius 3 is 3.00 bits per heavy atom. The van der Waals surface area contributed by atoms with E-state index >= 15 is 0 Å². The fourth-order valence-electron chi connectivity index (χ4n) is 3.12. The van der Waals surface area contributed by atoms with Crippen molar-refractivity contribution in [3.05, 3.63) is 64.7 Å². The van der Waals surface area contributed by atoms with E-state index < -0.39 is 0 Å². The maximum Gasteiger partial charge on any atom is 0.337 e. The average molecular weight is 301 g/mol. The van der Waals surface area contributed by atoms with Gasteiger partial charge in [-0.1, -0.05) is 48.0 Å². The Labute approximate surface area is 129 Å². The predicted octanol–water partition coefficient (Wildman–Crippen LogP) is 4.42. The van der Waals surface area contributed by atoms with E-state index in [1.807, 2.05) is 30.4 Å². The molecule has 0 saturated heterocycles. The first-order valence-electron chi connectivity index (χ1n) is 7.13. The third-order valence-electron chi connectivity index (χ3n) is 4.15. The molecule has 0 N–H and O–H groups in total. The van der Waals surface area contributed by atoms with Gasteiger partial charge >= 0.3 is 5.97 Å². The van der Waals surface area contributed by atoms with E-state index in [4.69, 9.17) is 16.3 Å². The second-order valence-electron chi connectivity index (χ2n) is 5.41. The van der Waals surface area contributed by atoms with E-state index in [-0.39, 0.29) is 11.9 Å². The molecule has 2 unspecified atom stereocenters. The topological polar surface area (TPSA) is 26.3 Å². The SMILES string of the molecule is COC(=O)C1=CC2C(c3cccc(Cl)c3)=CCCC2C=C1. The van der Waals surface area contributed by atoms with Gasteiger partial charge in [-0.25, -0.2) is 4.79 Å². The number of carbonyl (C=O) groups is 1. The van der Waals surface area contributed by atoms with Gasteiger partial charge in [0.2, 0.25) is 0 Å². The van der Waals surface area contributed by atoms with Gasteiger partial charge in [-0.15, -0.1) is 0 Å². The molecule has 0 bridgehead atoms. The van der Waals surface area contributed by atoms with E-state index in [9.17, 15) is 4.79 Å². The van der Waals surface area contributed by atoms with Crippen molar-refractivity contribution in [2.45, 2.75) is 12.8 Å². The second-order valence-corrected chi connectivity index (χ2v) is 5.85. The zero-order valence-corrected chi connectivity index (χ0v) is 12.6. The van der Waals surface area contributed by atoms with Crippen LogP contribution in [0.15, 0.2) is 54.1 Å². The molecule has 0 saturated carbocycles. The molecule has 0 radical (unpaired) electrons. The first kappa shape index (κ1) is 14.2. The number of rotatable bonds is 2. The minimum atomic E-state index is -0.277. The summed E-state index contributed by atoms with van der Waals surface area (Å²) in [7, 11) is 1.41. The maximum atomic E-state index is 11.8. The van der Waals surface area contributed by atoms with Gasteiger partial charge in [0.25, 0.3) is 0 Å². The minimum Gasteiger partial charge on any atom is -0.465 e. The summed E-state index contributed by atoms with van der Waals surface area (Å²) in [6.45, 7) is 0. The zero-order valence-electron chi connectivity index (χ0n) is 11.9. The van der Waals surface area contributed by atoms with Crippen molar-refractivity contribution in [3.63, 3.8) is 0 Å². The molecule has 0 spiro atoms. The average Bonchev–Trinajstić information content (AvgIpc) is 2.53. The fourth-order valence-corrected chi connectivity index (χ4v) is 3.31. The lowest BCUT2D eigenvalue weighted by molar-refractivity contribution is -0.135. The molecule has 2 aliphatic carbocycles. The first-order chi connectivity index (χ1) is 10.2. The monoisotopic (exact) mass is 300 g/mol.